The van der Waals surface area contributed by atoms with Crippen molar-refractivity contribution in [2.75, 3.05) is 19.9 Å². The second-order valence-electron chi connectivity index (χ2n) is 2.77. The molecule has 0 saturated heterocycles. The van der Waals surface area contributed by atoms with E-state index in [2.05, 4.69) is 5.32 Å². The van der Waals surface area contributed by atoms with Crippen molar-refractivity contribution in [1.82, 2.24) is 5.32 Å². The molecule has 0 bridgehead atoms. The summed E-state index contributed by atoms with van der Waals surface area (Å²) in [5.74, 6) is -0.840. The second-order valence-corrected chi connectivity index (χ2v) is 4.68. The molecule has 0 heterocycles. The van der Waals surface area contributed by atoms with Gasteiger partial charge in [0.15, 0.2) is 0 Å². The van der Waals surface area contributed by atoms with Gasteiger partial charge in [-0.05, 0) is 32.7 Å². The fourth-order valence-corrected chi connectivity index (χ4v) is 1.65. The van der Waals surface area contributed by atoms with E-state index in [1.54, 1.807) is 13.7 Å². The molecule has 72 valence electrons. The zero-order valence-electron chi connectivity index (χ0n) is 7.46. The highest BCUT2D eigenvalue weighted by Gasteiger charge is 2.13. The normalized spacial score (nSPS) is 15.5. The lowest BCUT2D eigenvalue weighted by molar-refractivity contribution is -0.139. The maximum Gasteiger partial charge on any atom is 0.320 e. The Morgan fingerprint density at radius 2 is 2.25 bits per heavy atom. The van der Waals surface area contributed by atoms with Crippen LogP contribution in [-0.4, -0.2) is 37.0 Å². The molecule has 0 saturated carbocycles. The molecule has 0 aliphatic rings. The van der Waals surface area contributed by atoms with Gasteiger partial charge in [0, 0.05) is 0 Å². The third-order valence-corrected chi connectivity index (χ3v) is 2.73. The number of carboxylic acid groups (broad SMARTS) is 1. The third-order valence-electron chi connectivity index (χ3n) is 1.67. The highest BCUT2D eigenvalue weighted by Crippen LogP contribution is 2.16. The first-order chi connectivity index (χ1) is 5.57. The van der Waals surface area contributed by atoms with Crippen LogP contribution in [0.5, 0.6) is 0 Å². The monoisotopic (exact) mass is 193 g/mol. The molecule has 2 unspecified atom stereocenters. The van der Waals surface area contributed by atoms with Gasteiger partial charge in [0.1, 0.15) is 6.04 Å². The summed E-state index contributed by atoms with van der Waals surface area (Å²) in [5.41, 5.74) is 0. The highest BCUT2D eigenvalue weighted by atomic mass is 31.1. The topological polar surface area (TPSA) is 66.4 Å². The molecule has 0 radical (unpaired) electrons. The predicted molar refractivity (Wildman–Crippen MR) is 49.5 cm³/mol. The van der Waals surface area contributed by atoms with E-state index < -0.39 is 19.8 Å². The molecule has 0 aromatic rings. The highest BCUT2D eigenvalue weighted by molar-refractivity contribution is 7.43. The number of likely N-dealkylation sites (N-methyl/N-ethyl adjacent to an activating group) is 1. The van der Waals surface area contributed by atoms with Crippen LogP contribution in [0.3, 0.4) is 0 Å². The van der Waals surface area contributed by atoms with Crippen molar-refractivity contribution in [2.45, 2.75) is 18.9 Å². The molecule has 5 heteroatoms. The Morgan fingerprint density at radius 3 is 2.58 bits per heavy atom. The lowest BCUT2D eigenvalue weighted by Gasteiger charge is -2.09. The van der Waals surface area contributed by atoms with Gasteiger partial charge < -0.3 is 15.0 Å². The molecule has 0 fully saturated rings. The van der Waals surface area contributed by atoms with E-state index in [0.29, 0.717) is 19.0 Å². The molecule has 0 aromatic carbocycles. The number of aliphatic carboxylic acids is 1. The van der Waals surface area contributed by atoms with E-state index in [-0.39, 0.29) is 0 Å². The van der Waals surface area contributed by atoms with Crippen LogP contribution >= 0.6 is 7.80 Å². The average Bonchev–Trinajstić information content (AvgIpc) is 1.96. The number of carboxylic acids is 1. The van der Waals surface area contributed by atoms with Crippen molar-refractivity contribution in [3.8, 4) is 0 Å². The standard InChI is InChI=1S/C7H16NO3P/c1-8-6(7(9)10)4-3-5-12(2)11/h6,8,12H,3-5H2,1-2H3,(H,9,10). The van der Waals surface area contributed by atoms with Gasteiger partial charge in [0.25, 0.3) is 0 Å². The lowest BCUT2D eigenvalue weighted by atomic mass is 10.2. The minimum Gasteiger partial charge on any atom is -0.480 e. The Balaban J connectivity index is 3.59. The van der Waals surface area contributed by atoms with Crippen LogP contribution < -0.4 is 5.32 Å². The summed E-state index contributed by atoms with van der Waals surface area (Å²) in [4.78, 5) is 10.5. The first-order valence-electron chi connectivity index (χ1n) is 3.97. The van der Waals surface area contributed by atoms with Gasteiger partial charge >= 0.3 is 5.97 Å². The lowest BCUT2D eigenvalue weighted by Crippen LogP contribution is -2.33. The first kappa shape index (κ1) is 11.7. The summed E-state index contributed by atoms with van der Waals surface area (Å²) in [6.45, 7) is 1.69. The van der Waals surface area contributed by atoms with Crippen molar-refractivity contribution in [2.24, 2.45) is 0 Å². The van der Waals surface area contributed by atoms with Crippen LogP contribution in [0.15, 0.2) is 0 Å². The van der Waals surface area contributed by atoms with Gasteiger partial charge in [0.2, 0.25) is 0 Å². The van der Waals surface area contributed by atoms with Crippen molar-refractivity contribution in [1.29, 1.82) is 0 Å². The zero-order chi connectivity index (χ0) is 9.56. The van der Waals surface area contributed by atoms with E-state index in [1.807, 2.05) is 0 Å². The number of carbonyl (C=O) groups is 1. The SMILES string of the molecule is CNC(CCC[PH](C)=O)C(=O)O. The van der Waals surface area contributed by atoms with Crippen LogP contribution in [-0.2, 0) is 9.36 Å². The fraction of sp³-hybridized carbons (Fsp3) is 0.857. The van der Waals surface area contributed by atoms with Crippen LogP contribution in [0.25, 0.3) is 0 Å². The molecule has 0 rings (SSSR count). The molecular formula is C7H16NO3P. The molecule has 0 aromatic heterocycles. The summed E-state index contributed by atoms with van der Waals surface area (Å²) in [6, 6.07) is -0.494. The quantitative estimate of drug-likeness (QED) is 0.607. The molecule has 4 nitrogen and oxygen atoms in total. The van der Waals surface area contributed by atoms with E-state index in [9.17, 15) is 9.36 Å². The zero-order valence-corrected chi connectivity index (χ0v) is 8.46. The largest absolute Gasteiger partial charge is 0.480 e. The molecule has 2 N–H and O–H groups in total. The maximum absolute atomic E-state index is 10.7. The summed E-state index contributed by atoms with van der Waals surface area (Å²) in [7, 11) is 0.185. The first-order valence-corrected chi connectivity index (χ1v) is 6.09. The fourth-order valence-electron chi connectivity index (χ4n) is 0.946. The molecule has 0 aliphatic heterocycles. The van der Waals surface area contributed by atoms with Crippen LogP contribution in [0.2, 0.25) is 0 Å². The maximum atomic E-state index is 10.7. The van der Waals surface area contributed by atoms with E-state index in [1.165, 1.54) is 0 Å². The summed E-state index contributed by atoms with van der Waals surface area (Å²) in [5, 5.41) is 11.3. The van der Waals surface area contributed by atoms with Crippen molar-refractivity contribution < 1.29 is 14.5 Å². The third kappa shape index (κ3) is 5.33. The van der Waals surface area contributed by atoms with Crippen LogP contribution in [0.1, 0.15) is 12.8 Å². The van der Waals surface area contributed by atoms with Crippen molar-refractivity contribution in [3.05, 3.63) is 0 Å². The smallest absolute Gasteiger partial charge is 0.320 e. The number of hydrogen-bond donors (Lipinski definition) is 2. The summed E-state index contributed by atoms with van der Waals surface area (Å²) < 4.78 is 10.7. The van der Waals surface area contributed by atoms with Crippen LogP contribution in [0.4, 0.5) is 0 Å². The molecule has 2 atom stereocenters. The Hall–Kier alpha value is -0.340. The van der Waals surface area contributed by atoms with E-state index in [4.69, 9.17) is 5.11 Å². The van der Waals surface area contributed by atoms with Gasteiger partial charge in [0.05, 0.1) is 7.80 Å². The second kappa shape index (κ2) is 6.21. The van der Waals surface area contributed by atoms with E-state index >= 15 is 0 Å². The Morgan fingerprint density at radius 1 is 1.67 bits per heavy atom. The Bertz CT molecular complexity index is 172. The Kier molecular flexibility index (Phi) is 6.03. The minimum absolute atomic E-state index is 0.494. The number of rotatable bonds is 6. The molecular weight excluding hydrogens is 177 g/mol. The van der Waals surface area contributed by atoms with Gasteiger partial charge in [-0.2, -0.15) is 0 Å². The van der Waals surface area contributed by atoms with Gasteiger partial charge in [-0.25, -0.2) is 0 Å². The summed E-state index contributed by atoms with van der Waals surface area (Å²) >= 11 is 0. The van der Waals surface area contributed by atoms with Gasteiger partial charge in [-0.1, -0.05) is 0 Å². The number of hydrogen-bond acceptors (Lipinski definition) is 3. The molecule has 0 aliphatic carbocycles. The van der Waals surface area contributed by atoms with Crippen LogP contribution in [0, 0.1) is 0 Å². The minimum atomic E-state index is -1.43. The predicted octanol–water partition coefficient (Wildman–Crippen LogP) is 0.629. The van der Waals surface area contributed by atoms with Gasteiger partial charge in [-0.15, -0.1) is 0 Å². The van der Waals surface area contributed by atoms with Crippen molar-refractivity contribution in [3.63, 3.8) is 0 Å². The summed E-state index contributed by atoms with van der Waals surface area (Å²) in [6.07, 6.45) is 1.91. The van der Waals surface area contributed by atoms with Crippen molar-refractivity contribution >= 4 is 13.8 Å². The van der Waals surface area contributed by atoms with Gasteiger partial charge in [-0.3, -0.25) is 4.79 Å². The molecule has 0 amide bonds. The average molecular weight is 193 g/mol. The molecule has 12 heavy (non-hydrogen) atoms. The number of nitrogens with one attached hydrogen (secondary N) is 1. The van der Waals surface area contributed by atoms with E-state index in [0.717, 1.165) is 0 Å². The Labute approximate surface area is 73.1 Å². The molecule has 0 spiro atoms.